The van der Waals surface area contributed by atoms with Gasteiger partial charge in [-0.25, -0.2) is 0 Å². The summed E-state index contributed by atoms with van der Waals surface area (Å²) in [4.78, 5) is 4.74. The topological polar surface area (TPSA) is 44.5 Å². The third-order valence-corrected chi connectivity index (χ3v) is 7.81. The number of hydrogen-bond acceptors (Lipinski definition) is 4. The predicted octanol–water partition coefficient (Wildman–Crippen LogP) is 8.13. The zero-order valence-corrected chi connectivity index (χ0v) is 24.3. The molecule has 5 rings (SSSR count). The molecule has 4 nitrogen and oxygen atoms in total. The van der Waals surface area contributed by atoms with Crippen LogP contribution in [0.5, 0.6) is 0 Å². The van der Waals surface area contributed by atoms with Crippen molar-refractivity contribution in [2.45, 2.75) is 27.3 Å². The Kier molecular flexibility index (Phi) is 9.15. The summed E-state index contributed by atoms with van der Waals surface area (Å²) >= 11 is 0. The molecule has 1 heterocycles. The number of fused-ring (bicyclic) bond motifs is 1. The Hall–Kier alpha value is -4.38. The van der Waals surface area contributed by atoms with Gasteiger partial charge in [0.25, 0.3) is 0 Å². The van der Waals surface area contributed by atoms with Crippen molar-refractivity contribution >= 4 is 28.2 Å². The number of anilines is 3. The van der Waals surface area contributed by atoms with E-state index in [1.807, 2.05) is 0 Å². The molecular weight excluding hydrogens is 500 g/mol. The summed E-state index contributed by atoms with van der Waals surface area (Å²) in [7, 11) is 0. The van der Waals surface area contributed by atoms with Gasteiger partial charge < -0.3 is 15.5 Å². The molecule has 0 bridgehead atoms. The van der Waals surface area contributed by atoms with Gasteiger partial charge in [0.2, 0.25) is 0 Å². The van der Waals surface area contributed by atoms with Gasteiger partial charge in [0, 0.05) is 48.0 Å². The molecule has 0 aromatic heterocycles. The largest absolute Gasteiger partial charge is 0.336 e. The molecule has 0 unspecified atom stereocenters. The monoisotopic (exact) mass is 540 g/mol. The van der Waals surface area contributed by atoms with Crippen LogP contribution in [0, 0.1) is 0 Å². The first-order valence-electron chi connectivity index (χ1n) is 14.3. The molecule has 0 fully saturated rings. The number of nitrogens with two attached hydrogens (primary N) is 1. The molecule has 4 aromatic rings. The summed E-state index contributed by atoms with van der Waals surface area (Å²) in [5, 5.41) is 3.74. The van der Waals surface area contributed by atoms with Gasteiger partial charge in [-0.15, -0.1) is 0 Å². The summed E-state index contributed by atoms with van der Waals surface area (Å²) in [6, 6.07) is 38.3. The second kappa shape index (κ2) is 13.3. The maximum atomic E-state index is 6.16. The van der Waals surface area contributed by atoms with Gasteiger partial charge in [0.05, 0.1) is 6.67 Å². The molecule has 0 aliphatic carbocycles. The molecule has 4 aromatic carbocycles. The lowest BCUT2D eigenvalue weighted by Gasteiger charge is -2.28. The van der Waals surface area contributed by atoms with Crippen molar-refractivity contribution in [3.8, 4) is 0 Å². The third kappa shape index (κ3) is 6.51. The Morgan fingerprint density at radius 3 is 2.22 bits per heavy atom. The van der Waals surface area contributed by atoms with E-state index < -0.39 is 0 Å². The van der Waals surface area contributed by atoms with Crippen LogP contribution in [0.4, 0.5) is 17.1 Å². The first-order chi connectivity index (χ1) is 20.1. The van der Waals surface area contributed by atoms with Crippen LogP contribution in [0.1, 0.15) is 37.5 Å². The minimum absolute atomic E-state index is 0.494. The Bertz CT molecular complexity index is 1550. The Balaban J connectivity index is 1.37. The highest BCUT2D eigenvalue weighted by atomic mass is 15.2. The van der Waals surface area contributed by atoms with Crippen LogP contribution in [0.25, 0.3) is 11.1 Å². The second-order valence-corrected chi connectivity index (χ2v) is 10.6. The quantitative estimate of drug-likeness (QED) is 0.157. The number of benzene rings is 4. The van der Waals surface area contributed by atoms with Crippen LogP contribution in [0.2, 0.25) is 0 Å². The zero-order chi connectivity index (χ0) is 28.6. The summed E-state index contributed by atoms with van der Waals surface area (Å²) in [5.41, 5.74) is 18.6. The average Bonchev–Trinajstić information content (AvgIpc) is 3.42. The molecule has 3 N–H and O–H groups in total. The molecule has 0 atom stereocenters. The fraction of sp³-hybridized carbons (Fsp3) is 0.189. The fourth-order valence-corrected chi connectivity index (χ4v) is 5.44. The van der Waals surface area contributed by atoms with Gasteiger partial charge >= 0.3 is 0 Å². The average molecular weight is 541 g/mol. The van der Waals surface area contributed by atoms with E-state index in [1.165, 1.54) is 39.2 Å². The molecular formula is C37H40N4. The van der Waals surface area contributed by atoms with E-state index in [0.717, 1.165) is 30.0 Å². The van der Waals surface area contributed by atoms with Crippen LogP contribution in [-0.4, -0.2) is 19.8 Å². The maximum absolute atomic E-state index is 6.16. The molecule has 0 saturated carbocycles. The standard InChI is InChI=1S/C37H40N4/c1-28(31-14-6-4-7-15-31)22-23-30(3)41(36-20-12-10-16-32(36)24-38)27-39-25-29(2)35-26-40(33-17-8-5-9-18-33)37-21-13-11-19-34(35)37/h4-23,39H,24-27,38H2,1-3H3/b28-22+,30-23+,35-29-. The summed E-state index contributed by atoms with van der Waals surface area (Å²) < 4.78 is 0. The van der Waals surface area contributed by atoms with Crippen molar-refractivity contribution < 1.29 is 0 Å². The highest BCUT2D eigenvalue weighted by Crippen LogP contribution is 2.41. The summed E-state index contributed by atoms with van der Waals surface area (Å²) in [6.07, 6.45) is 4.40. The predicted molar refractivity (Wildman–Crippen MR) is 176 cm³/mol. The SMILES string of the molecule is C/C(=C\C=C(/C)N(CNC/C(C)=C1/CN(c2ccccc2)c2ccccc21)c1ccccc1CN)c1ccccc1. The van der Waals surface area contributed by atoms with Gasteiger partial charge in [0.15, 0.2) is 0 Å². The molecule has 41 heavy (non-hydrogen) atoms. The molecule has 208 valence electrons. The van der Waals surface area contributed by atoms with Crippen molar-refractivity contribution in [2.24, 2.45) is 5.73 Å². The minimum Gasteiger partial charge on any atom is -0.336 e. The van der Waals surface area contributed by atoms with Crippen LogP contribution < -0.4 is 20.9 Å². The number of rotatable bonds is 10. The van der Waals surface area contributed by atoms with E-state index in [0.29, 0.717) is 13.2 Å². The fourth-order valence-electron chi connectivity index (χ4n) is 5.44. The highest BCUT2D eigenvalue weighted by molar-refractivity contribution is 5.90. The van der Waals surface area contributed by atoms with Crippen molar-refractivity contribution in [3.05, 3.63) is 149 Å². The van der Waals surface area contributed by atoms with Crippen LogP contribution in [0.3, 0.4) is 0 Å². The summed E-state index contributed by atoms with van der Waals surface area (Å²) in [5.74, 6) is 0. The van der Waals surface area contributed by atoms with Gasteiger partial charge in [-0.3, -0.25) is 5.32 Å². The van der Waals surface area contributed by atoms with Crippen molar-refractivity contribution in [1.29, 1.82) is 0 Å². The van der Waals surface area contributed by atoms with Crippen molar-refractivity contribution in [1.82, 2.24) is 5.32 Å². The van der Waals surface area contributed by atoms with Crippen LogP contribution >= 0.6 is 0 Å². The number of allylic oxidation sites excluding steroid dienone is 4. The Morgan fingerprint density at radius 2 is 1.46 bits per heavy atom. The van der Waals surface area contributed by atoms with Crippen molar-refractivity contribution in [3.63, 3.8) is 0 Å². The molecule has 1 aliphatic rings. The van der Waals surface area contributed by atoms with Gasteiger partial charge in [-0.1, -0.05) is 96.6 Å². The zero-order valence-electron chi connectivity index (χ0n) is 24.3. The van der Waals surface area contributed by atoms with Gasteiger partial charge in [0.1, 0.15) is 0 Å². The lowest BCUT2D eigenvalue weighted by Crippen LogP contribution is -2.34. The smallest absolute Gasteiger partial charge is 0.0730 e. The highest BCUT2D eigenvalue weighted by Gasteiger charge is 2.25. The Labute approximate surface area is 245 Å². The molecule has 0 spiro atoms. The van der Waals surface area contributed by atoms with E-state index in [9.17, 15) is 0 Å². The number of nitrogens with one attached hydrogen (secondary N) is 1. The molecule has 0 radical (unpaired) electrons. The minimum atomic E-state index is 0.494. The van der Waals surface area contributed by atoms with Gasteiger partial charge in [-0.05, 0) is 73.4 Å². The van der Waals surface area contributed by atoms with E-state index in [1.54, 1.807) is 0 Å². The van der Waals surface area contributed by atoms with E-state index in [-0.39, 0.29) is 0 Å². The van der Waals surface area contributed by atoms with E-state index >= 15 is 0 Å². The van der Waals surface area contributed by atoms with E-state index in [4.69, 9.17) is 5.73 Å². The molecule has 0 amide bonds. The molecule has 1 aliphatic heterocycles. The summed E-state index contributed by atoms with van der Waals surface area (Å²) in [6.45, 7) is 9.41. The van der Waals surface area contributed by atoms with Gasteiger partial charge in [-0.2, -0.15) is 0 Å². The lowest BCUT2D eigenvalue weighted by atomic mass is 10.0. The maximum Gasteiger partial charge on any atom is 0.0730 e. The van der Waals surface area contributed by atoms with Crippen molar-refractivity contribution in [2.75, 3.05) is 29.6 Å². The number of nitrogens with zero attached hydrogens (tertiary/aromatic N) is 2. The molecule has 0 saturated heterocycles. The van der Waals surface area contributed by atoms with Crippen LogP contribution in [0.15, 0.2) is 133 Å². The number of para-hydroxylation sites is 3. The lowest BCUT2D eigenvalue weighted by molar-refractivity contribution is 0.715. The van der Waals surface area contributed by atoms with Crippen LogP contribution in [-0.2, 0) is 6.54 Å². The van der Waals surface area contributed by atoms with E-state index in [2.05, 4.69) is 157 Å². The Morgan fingerprint density at radius 1 is 0.805 bits per heavy atom. The first-order valence-corrected chi connectivity index (χ1v) is 14.3. The third-order valence-electron chi connectivity index (χ3n) is 7.81. The molecule has 4 heteroatoms. The first kappa shape index (κ1) is 28.2. The normalized spacial score (nSPS) is 14.7. The second-order valence-electron chi connectivity index (χ2n) is 10.6. The number of hydrogen-bond donors (Lipinski definition) is 2.